The second-order valence-electron chi connectivity index (χ2n) is 11.9. The predicted octanol–water partition coefficient (Wildman–Crippen LogP) is 3.45. The van der Waals surface area contributed by atoms with Crippen molar-refractivity contribution >= 4 is 53.0 Å². The van der Waals surface area contributed by atoms with Crippen molar-refractivity contribution < 1.29 is 22.3 Å². The van der Waals surface area contributed by atoms with Crippen LogP contribution in [0.1, 0.15) is 24.0 Å². The number of rotatable bonds is 6. The molecule has 2 aromatic heterocycles. The second-order valence-corrected chi connectivity index (χ2v) is 16.2. The van der Waals surface area contributed by atoms with Gasteiger partial charge in [-0.15, -0.1) is 0 Å². The highest BCUT2D eigenvalue weighted by Gasteiger charge is 2.21. The van der Waals surface area contributed by atoms with Gasteiger partial charge in [0.15, 0.2) is 0 Å². The van der Waals surface area contributed by atoms with Crippen molar-refractivity contribution in [3.8, 4) is 0 Å². The summed E-state index contributed by atoms with van der Waals surface area (Å²) in [6, 6.07) is 10.5. The minimum atomic E-state index is -3.41. The molecule has 0 unspecified atom stereocenters. The van der Waals surface area contributed by atoms with Gasteiger partial charge in [-0.3, -0.25) is 0 Å². The van der Waals surface area contributed by atoms with Crippen LogP contribution in [0, 0.1) is 0 Å². The number of nitrogens with zero attached hydrogens (tertiary/aromatic N) is 4. The number of benzene rings is 2. The first kappa shape index (κ1) is 34.6. The normalized spacial score (nSPS) is 16.8. The summed E-state index contributed by atoms with van der Waals surface area (Å²) < 4.78 is 51.8. The largest absolute Gasteiger partial charge is 0.412 e. The fourth-order valence-electron chi connectivity index (χ4n) is 5.50. The zero-order valence-corrected chi connectivity index (χ0v) is 28.4. The van der Waals surface area contributed by atoms with Crippen LogP contribution in [0.2, 0.25) is 0 Å². The van der Waals surface area contributed by atoms with Gasteiger partial charge in [0.05, 0.1) is 9.79 Å². The van der Waals surface area contributed by atoms with Crippen molar-refractivity contribution in [1.82, 2.24) is 28.4 Å². The van der Waals surface area contributed by atoms with Gasteiger partial charge < -0.3 is 25.2 Å². The van der Waals surface area contributed by atoms with Gasteiger partial charge in [-0.05, 0) is 74.5 Å². The van der Waals surface area contributed by atoms with Crippen molar-refractivity contribution in [3.05, 3.63) is 72.1 Å². The van der Waals surface area contributed by atoms with Crippen LogP contribution in [-0.2, 0) is 20.0 Å². The van der Waals surface area contributed by atoms with Crippen LogP contribution in [0.4, 0.5) is 0 Å². The van der Waals surface area contributed by atoms with Crippen LogP contribution < -0.4 is 0 Å². The zero-order chi connectivity index (χ0) is 31.8. The number of aromatic amines is 2. The standard InChI is InChI=1S/2C16H21N3O2S.H2O/c2*1-18(2)22(20,21)13-4-5-16-14(10-13)15(11-17-16)12-6-8-19(3)9-7-12;/h2*4-6,10-11,17H,7-9H2,1-3H3;1H2. The van der Waals surface area contributed by atoms with E-state index in [2.05, 4.69) is 46.0 Å². The number of aromatic nitrogens is 2. The van der Waals surface area contributed by atoms with E-state index in [1.165, 1.54) is 19.8 Å². The Kier molecular flexibility index (Phi) is 10.4. The van der Waals surface area contributed by atoms with Crippen LogP contribution in [0.15, 0.2) is 70.7 Å². The molecule has 4 aromatic rings. The zero-order valence-electron chi connectivity index (χ0n) is 26.8. The summed E-state index contributed by atoms with van der Waals surface area (Å²) in [6.45, 7) is 3.90. The molecule has 4 heterocycles. The third kappa shape index (κ3) is 7.09. The average Bonchev–Trinajstić information content (AvgIpc) is 3.62. The Morgan fingerprint density at radius 2 is 1.02 bits per heavy atom. The number of likely N-dealkylation sites (N-methyl/N-ethyl adjacent to an activating group) is 2. The molecule has 0 saturated heterocycles. The molecule has 2 aromatic carbocycles. The van der Waals surface area contributed by atoms with Crippen molar-refractivity contribution in [2.75, 3.05) is 68.5 Å². The van der Waals surface area contributed by atoms with Gasteiger partial charge in [-0.2, -0.15) is 0 Å². The second kappa shape index (κ2) is 13.6. The quantitative estimate of drug-likeness (QED) is 0.325. The van der Waals surface area contributed by atoms with Crippen molar-refractivity contribution in [2.24, 2.45) is 0 Å². The maximum Gasteiger partial charge on any atom is 0.242 e. The van der Waals surface area contributed by atoms with E-state index in [0.29, 0.717) is 9.79 Å². The Labute approximate surface area is 266 Å². The molecule has 0 aliphatic carbocycles. The Bertz CT molecular complexity index is 1810. The SMILES string of the molecule is CN1CC=C(c2c[nH]c3ccc(S(=O)(=O)N(C)C)cc23)CC1.CN1CC=C(c2c[nH]c3ccc(S(=O)(=O)N(C)C)cc23)CC1.O. The Hall–Kier alpha value is -3.30. The number of fused-ring (bicyclic) bond motifs is 2. The summed E-state index contributed by atoms with van der Waals surface area (Å²) in [5.74, 6) is 0. The van der Waals surface area contributed by atoms with Crippen molar-refractivity contribution in [1.29, 1.82) is 0 Å². The minimum Gasteiger partial charge on any atom is -0.412 e. The molecule has 0 spiro atoms. The summed E-state index contributed by atoms with van der Waals surface area (Å²) in [4.78, 5) is 11.7. The van der Waals surface area contributed by atoms with Gasteiger partial charge in [-0.25, -0.2) is 25.4 Å². The van der Waals surface area contributed by atoms with Crippen LogP contribution >= 0.6 is 0 Å². The summed E-state index contributed by atoms with van der Waals surface area (Å²) >= 11 is 0. The van der Waals surface area contributed by atoms with Crippen molar-refractivity contribution in [2.45, 2.75) is 22.6 Å². The van der Waals surface area contributed by atoms with Crippen LogP contribution in [-0.4, -0.2) is 119 Å². The van der Waals surface area contributed by atoms with E-state index in [4.69, 9.17) is 0 Å². The lowest BCUT2D eigenvalue weighted by Gasteiger charge is -2.21. The van der Waals surface area contributed by atoms with E-state index in [1.807, 2.05) is 24.5 Å². The highest BCUT2D eigenvalue weighted by molar-refractivity contribution is 7.89. The fourth-order valence-corrected chi connectivity index (χ4v) is 7.36. The molecule has 0 saturated carbocycles. The van der Waals surface area contributed by atoms with E-state index in [1.54, 1.807) is 52.5 Å². The van der Waals surface area contributed by atoms with Gasteiger partial charge in [0.2, 0.25) is 20.0 Å². The first-order chi connectivity index (χ1) is 20.8. The molecule has 0 amide bonds. The maximum absolute atomic E-state index is 12.3. The third-order valence-electron chi connectivity index (χ3n) is 8.38. The van der Waals surface area contributed by atoms with Gasteiger partial charge in [0.25, 0.3) is 0 Å². The molecule has 0 radical (unpaired) electrons. The smallest absolute Gasteiger partial charge is 0.242 e. The number of sulfonamides is 2. The lowest BCUT2D eigenvalue weighted by molar-refractivity contribution is 0.370. The third-order valence-corrected chi connectivity index (χ3v) is 12.0. The van der Waals surface area contributed by atoms with Gasteiger partial charge in [0, 0.05) is 99.7 Å². The van der Waals surface area contributed by atoms with Crippen molar-refractivity contribution in [3.63, 3.8) is 0 Å². The predicted molar refractivity (Wildman–Crippen MR) is 182 cm³/mol. The van der Waals surface area contributed by atoms with E-state index in [-0.39, 0.29) is 5.48 Å². The summed E-state index contributed by atoms with van der Waals surface area (Å²) in [6.07, 6.45) is 10.4. The molecule has 45 heavy (non-hydrogen) atoms. The average molecular weight is 657 g/mol. The molecule has 0 atom stereocenters. The van der Waals surface area contributed by atoms with Gasteiger partial charge in [0.1, 0.15) is 0 Å². The lowest BCUT2D eigenvalue weighted by Crippen LogP contribution is -2.23. The summed E-state index contributed by atoms with van der Waals surface area (Å²) in [5, 5.41) is 1.94. The topological polar surface area (TPSA) is 144 Å². The molecule has 244 valence electrons. The monoisotopic (exact) mass is 656 g/mol. The molecule has 0 fully saturated rings. The van der Waals surface area contributed by atoms with Crippen LogP contribution in [0.5, 0.6) is 0 Å². The van der Waals surface area contributed by atoms with Crippen LogP contribution in [0.25, 0.3) is 33.0 Å². The maximum atomic E-state index is 12.3. The Balaban J connectivity index is 0.000000200. The molecular weight excluding hydrogens is 613 g/mol. The fraction of sp³-hybridized carbons (Fsp3) is 0.375. The first-order valence-corrected chi connectivity index (χ1v) is 17.5. The number of H-pyrrole nitrogens is 2. The Morgan fingerprint density at radius 1 is 0.644 bits per heavy atom. The molecule has 11 nitrogen and oxygen atoms in total. The van der Waals surface area contributed by atoms with E-state index < -0.39 is 20.0 Å². The van der Waals surface area contributed by atoms with Gasteiger partial charge >= 0.3 is 0 Å². The molecule has 6 rings (SSSR count). The Morgan fingerprint density at radius 3 is 1.33 bits per heavy atom. The molecule has 0 bridgehead atoms. The van der Waals surface area contributed by atoms with Gasteiger partial charge in [-0.1, -0.05) is 12.2 Å². The van der Waals surface area contributed by atoms with Crippen LogP contribution in [0.3, 0.4) is 0 Å². The molecule has 4 N–H and O–H groups in total. The summed E-state index contributed by atoms with van der Waals surface area (Å²) in [5.41, 5.74) is 6.71. The molecule has 2 aliphatic heterocycles. The molecule has 2 aliphatic rings. The molecule has 13 heteroatoms. The minimum absolute atomic E-state index is 0. The number of hydrogen-bond donors (Lipinski definition) is 2. The van der Waals surface area contributed by atoms with E-state index >= 15 is 0 Å². The first-order valence-electron chi connectivity index (χ1n) is 14.6. The van der Waals surface area contributed by atoms with E-state index in [0.717, 1.165) is 72.0 Å². The number of nitrogens with one attached hydrogen (secondary N) is 2. The summed E-state index contributed by atoms with van der Waals surface area (Å²) in [7, 11) is 3.59. The highest BCUT2D eigenvalue weighted by Crippen LogP contribution is 2.32. The highest BCUT2D eigenvalue weighted by atomic mass is 32.2. The number of hydrogen-bond acceptors (Lipinski definition) is 6. The molecular formula is C32H44N6O5S2. The lowest BCUT2D eigenvalue weighted by atomic mass is 9.99. The van der Waals surface area contributed by atoms with E-state index in [9.17, 15) is 16.8 Å².